The van der Waals surface area contributed by atoms with Crippen LogP contribution < -0.4 is 15.1 Å². The van der Waals surface area contributed by atoms with E-state index in [9.17, 15) is 40.8 Å². The molecule has 0 aliphatic heterocycles. The molecule has 0 aliphatic carbocycles. The zero-order valence-corrected chi connectivity index (χ0v) is 16.7. The molecule has 7 nitrogen and oxygen atoms in total. The van der Waals surface area contributed by atoms with E-state index in [1.807, 2.05) is 0 Å². The third-order valence-corrected chi connectivity index (χ3v) is 5.04. The van der Waals surface area contributed by atoms with Crippen molar-refractivity contribution in [2.75, 3.05) is 9.62 Å². The molecule has 13 heteroatoms. The number of hydrogen-bond donors (Lipinski definition) is 4. The highest BCUT2D eigenvalue weighted by atomic mass is 32.2. The monoisotopic (exact) mass is 468 g/mol. The number of benzene rings is 3. The normalized spacial score (nSPS) is 10.8. The van der Waals surface area contributed by atoms with E-state index in [-0.39, 0.29) is 16.7 Å². The van der Waals surface area contributed by atoms with E-state index in [0.717, 1.165) is 18.2 Å². The van der Waals surface area contributed by atoms with Gasteiger partial charge in [0.1, 0.15) is 5.82 Å². The fraction of sp³-hybridized carbons (Fsp3) is 0. The van der Waals surface area contributed by atoms with Gasteiger partial charge in [0, 0.05) is 28.8 Å². The Balaban J connectivity index is 2.03. The average molecular weight is 468 g/mol. The van der Waals surface area contributed by atoms with Gasteiger partial charge >= 0.3 is 7.12 Å². The number of carbonyl (C=O) groups is 1. The van der Waals surface area contributed by atoms with Crippen LogP contribution in [0.2, 0.25) is 0 Å². The number of carbonyl (C=O) groups excluding carboxylic acids is 1. The number of rotatable bonds is 6. The summed E-state index contributed by atoms with van der Waals surface area (Å²) < 4.78 is 78.6. The van der Waals surface area contributed by atoms with Gasteiger partial charge in [-0.25, -0.2) is 30.3 Å². The van der Waals surface area contributed by atoms with E-state index in [2.05, 4.69) is 5.32 Å². The molecule has 1 amide bonds. The van der Waals surface area contributed by atoms with Gasteiger partial charge in [0.2, 0.25) is 10.9 Å². The van der Waals surface area contributed by atoms with Gasteiger partial charge < -0.3 is 15.4 Å². The lowest BCUT2D eigenvalue weighted by Crippen LogP contribution is -2.35. The molecule has 0 saturated carbocycles. The first kappa shape index (κ1) is 23.3. The first-order valence-electron chi connectivity index (χ1n) is 8.75. The quantitative estimate of drug-likeness (QED) is 0.191. The fourth-order valence-electron chi connectivity index (χ4n) is 2.85. The van der Waals surface area contributed by atoms with Gasteiger partial charge in [0.25, 0.3) is 5.91 Å². The highest BCUT2D eigenvalue weighted by molar-refractivity contribution is 7.74. The van der Waals surface area contributed by atoms with Crippen molar-refractivity contribution in [2.45, 2.75) is 0 Å². The van der Waals surface area contributed by atoms with Crippen molar-refractivity contribution in [1.29, 1.82) is 0 Å². The number of para-hydroxylation sites is 1. The Hall–Kier alpha value is -3.42. The van der Waals surface area contributed by atoms with Crippen LogP contribution in [0.3, 0.4) is 0 Å². The van der Waals surface area contributed by atoms with Gasteiger partial charge in [0.05, 0.1) is 11.4 Å². The van der Waals surface area contributed by atoms with Crippen LogP contribution >= 0.6 is 0 Å². The van der Waals surface area contributed by atoms with Crippen LogP contribution in [0.5, 0.6) is 0 Å². The lowest BCUT2D eigenvalue weighted by atomic mass is 9.79. The first-order valence-corrected chi connectivity index (χ1v) is 9.88. The topological polar surface area (TPSA) is 107 Å². The van der Waals surface area contributed by atoms with Gasteiger partial charge in [0.15, 0.2) is 17.5 Å². The second-order valence-corrected chi connectivity index (χ2v) is 7.23. The number of nitrogens with one attached hydrogen (secondary N) is 1. The maximum Gasteiger partial charge on any atom is 0.490 e. The molecule has 0 bridgehead atoms. The summed E-state index contributed by atoms with van der Waals surface area (Å²) in [6, 6.07) is 8.82. The molecule has 3 aromatic carbocycles. The van der Waals surface area contributed by atoms with Crippen molar-refractivity contribution in [2.24, 2.45) is 0 Å². The predicted molar refractivity (Wildman–Crippen MR) is 109 cm³/mol. The van der Waals surface area contributed by atoms with Crippen LogP contribution in [0.4, 0.5) is 34.6 Å². The van der Waals surface area contributed by atoms with E-state index in [1.165, 1.54) is 24.3 Å². The van der Waals surface area contributed by atoms with Crippen LogP contribution in [0.25, 0.3) is 0 Å². The minimum Gasteiger partial charge on any atom is -0.423 e. The molecular weight excluding hydrogens is 455 g/mol. The SMILES string of the molecule is O=C(Nc1cc(F)c(F)c(F)c1)c1ccc(F)c(N(c2ccccc2B(O)O)[SH](=O)=O)c1. The molecule has 0 saturated heterocycles. The summed E-state index contributed by atoms with van der Waals surface area (Å²) in [5, 5.41) is 21.1. The number of nitrogens with zero attached hydrogens (tertiary/aromatic N) is 1. The number of thiol groups is 1. The number of hydrogen-bond acceptors (Lipinski definition) is 5. The van der Waals surface area contributed by atoms with Crippen molar-refractivity contribution in [1.82, 2.24) is 0 Å². The predicted octanol–water partition coefficient (Wildman–Crippen LogP) is 1.84. The van der Waals surface area contributed by atoms with E-state index >= 15 is 0 Å². The van der Waals surface area contributed by atoms with Gasteiger partial charge in [-0.15, -0.1) is 0 Å². The third kappa shape index (κ3) is 4.74. The summed E-state index contributed by atoms with van der Waals surface area (Å²) in [5.41, 5.74) is -1.90. The maximum absolute atomic E-state index is 14.5. The van der Waals surface area contributed by atoms with Gasteiger partial charge in [-0.2, -0.15) is 0 Å². The van der Waals surface area contributed by atoms with E-state index in [1.54, 1.807) is 0 Å². The summed E-state index contributed by atoms with van der Waals surface area (Å²) in [6.07, 6.45) is 0. The molecule has 0 heterocycles. The summed E-state index contributed by atoms with van der Waals surface area (Å²) in [5.74, 6) is -6.90. The van der Waals surface area contributed by atoms with Gasteiger partial charge in [-0.3, -0.25) is 4.79 Å². The molecular formula is C19H13BF4N2O5S. The Bertz CT molecular complexity index is 1240. The smallest absolute Gasteiger partial charge is 0.423 e. The second kappa shape index (κ2) is 9.38. The summed E-state index contributed by atoms with van der Waals surface area (Å²) in [4.78, 5) is 12.5. The van der Waals surface area contributed by atoms with Crippen LogP contribution in [0.15, 0.2) is 54.6 Å². The minimum absolute atomic E-state index is 0.252. The Morgan fingerprint density at radius 2 is 1.50 bits per heavy atom. The first-order chi connectivity index (χ1) is 15.1. The fourth-order valence-corrected chi connectivity index (χ4v) is 3.54. The second-order valence-electron chi connectivity index (χ2n) is 6.36. The molecule has 0 spiro atoms. The molecule has 0 aromatic heterocycles. The molecule has 0 atom stereocenters. The summed E-state index contributed by atoms with van der Waals surface area (Å²) in [7, 11) is -5.65. The van der Waals surface area contributed by atoms with Gasteiger partial charge in [-0.05, 0) is 24.3 Å². The highest BCUT2D eigenvalue weighted by Crippen LogP contribution is 2.29. The van der Waals surface area contributed by atoms with E-state index in [4.69, 9.17) is 0 Å². The van der Waals surface area contributed by atoms with Crippen molar-refractivity contribution in [3.05, 3.63) is 83.4 Å². The van der Waals surface area contributed by atoms with Crippen molar-refractivity contribution < 1.29 is 40.8 Å². The molecule has 0 radical (unpaired) electrons. The van der Waals surface area contributed by atoms with Crippen molar-refractivity contribution >= 4 is 46.4 Å². The number of halogens is 4. The molecule has 166 valence electrons. The molecule has 32 heavy (non-hydrogen) atoms. The van der Waals surface area contributed by atoms with Crippen LogP contribution in [-0.4, -0.2) is 31.5 Å². The van der Waals surface area contributed by atoms with Crippen LogP contribution in [0.1, 0.15) is 10.4 Å². The lowest BCUT2D eigenvalue weighted by Gasteiger charge is -2.22. The Kier molecular flexibility index (Phi) is 6.82. The minimum atomic E-state index is -3.57. The van der Waals surface area contributed by atoms with Crippen LogP contribution in [-0.2, 0) is 10.9 Å². The Morgan fingerprint density at radius 1 is 0.875 bits per heavy atom. The van der Waals surface area contributed by atoms with Crippen LogP contribution in [0, 0.1) is 23.3 Å². The van der Waals surface area contributed by atoms with E-state index in [0.29, 0.717) is 16.4 Å². The molecule has 0 unspecified atom stereocenters. The van der Waals surface area contributed by atoms with Crippen molar-refractivity contribution in [3.8, 4) is 0 Å². The van der Waals surface area contributed by atoms with Gasteiger partial charge in [-0.1, -0.05) is 18.2 Å². The average Bonchev–Trinajstić information content (AvgIpc) is 2.73. The van der Waals surface area contributed by atoms with E-state index < -0.39 is 58.6 Å². The molecule has 3 aromatic rings. The Labute approximate surface area is 180 Å². The summed E-state index contributed by atoms with van der Waals surface area (Å²) in [6.45, 7) is 0. The Morgan fingerprint density at radius 3 is 2.09 bits per heavy atom. The van der Waals surface area contributed by atoms with Crippen molar-refractivity contribution in [3.63, 3.8) is 0 Å². The molecule has 3 rings (SSSR count). The number of amides is 1. The molecule has 3 N–H and O–H groups in total. The largest absolute Gasteiger partial charge is 0.490 e. The summed E-state index contributed by atoms with van der Waals surface area (Å²) >= 11 is 0. The number of anilines is 3. The lowest BCUT2D eigenvalue weighted by molar-refractivity contribution is 0.102. The molecule has 0 aliphatic rings. The molecule has 0 fully saturated rings. The highest BCUT2D eigenvalue weighted by Gasteiger charge is 2.25. The zero-order chi connectivity index (χ0) is 23.6. The maximum atomic E-state index is 14.5. The third-order valence-electron chi connectivity index (χ3n) is 4.28. The zero-order valence-electron chi connectivity index (χ0n) is 15.8. The standard InChI is InChI=1S/C19H13BF4N2O5S/c21-13-6-5-10(19(27)25-11-8-14(22)18(24)15(23)9-11)7-17(13)26(32(30)31)16-4-2-1-3-12(16)20(28)29/h1-9,28-29,32H,(H,25,27).